The fourth-order valence-corrected chi connectivity index (χ4v) is 3.49. The Morgan fingerprint density at radius 3 is 2.52 bits per heavy atom. The number of hydrogen-bond donors (Lipinski definition) is 2. The fraction of sp³-hybridized carbons (Fsp3) is 0.316. The molecule has 0 atom stereocenters. The molecule has 8 heteroatoms. The second-order valence-corrected chi connectivity index (χ2v) is 7.57. The van der Waals surface area contributed by atoms with Crippen molar-refractivity contribution in [2.24, 2.45) is 0 Å². The number of benzene rings is 2. The van der Waals surface area contributed by atoms with Crippen LogP contribution in [-0.4, -0.2) is 35.1 Å². The van der Waals surface area contributed by atoms with Crippen LogP contribution in [0, 0.1) is 0 Å². The van der Waals surface area contributed by atoms with Gasteiger partial charge in [0.15, 0.2) is 0 Å². The van der Waals surface area contributed by atoms with E-state index >= 15 is 0 Å². The van der Waals surface area contributed by atoms with Crippen molar-refractivity contribution in [3.8, 4) is 11.5 Å². The zero-order valence-corrected chi connectivity index (χ0v) is 16.4. The molecule has 0 fully saturated rings. The van der Waals surface area contributed by atoms with E-state index in [0.29, 0.717) is 23.7 Å². The molecule has 0 heterocycles. The van der Waals surface area contributed by atoms with Gasteiger partial charge >= 0.3 is 0 Å². The molecule has 0 radical (unpaired) electrons. The van der Waals surface area contributed by atoms with E-state index in [1.807, 2.05) is 6.92 Å². The van der Waals surface area contributed by atoms with Crippen LogP contribution in [0.3, 0.4) is 0 Å². The number of hydrogen-bond acceptors (Lipinski definition) is 5. The molecule has 2 rings (SSSR count). The molecule has 146 valence electrons. The highest BCUT2D eigenvalue weighted by molar-refractivity contribution is 7.89. The van der Waals surface area contributed by atoms with Crippen LogP contribution in [0.15, 0.2) is 47.4 Å². The quantitative estimate of drug-likeness (QED) is 0.640. The molecule has 0 saturated heterocycles. The number of ether oxygens (including phenoxy) is 2. The van der Waals surface area contributed by atoms with Gasteiger partial charge in [0.1, 0.15) is 11.5 Å². The number of nitrogens with one attached hydrogen (secondary N) is 2. The Morgan fingerprint density at radius 1 is 1.07 bits per heavy atom. The van der Waals surface area contributed by atoms with Crippen LogP contribution in [0.5, 0.6) is 11.5 Å². The van der Waals surface area contributed by atoms with Gasteiger partial charge in [-0.25, -0.2) is 13.1 Å². The van der Waals surface area contributed by atoms with E-state index in [1.165, 1.54) is 32.4 Å². The zero-order chi connectivity index (χ0) is 19.9. The number of carbonyl (C=O) groups excluding carboxylic acids is 1. The molecule has 0 aliphatic carbocycles. The lowest BCUT2D eigenvalue weighted by atomic mass is 10.2. The summed E-state index contributed by atoms with van der Waals surface area (Å²) in [7, 11) is -0.634. The van der Waals surface area contributed by atoms with Crippen molar-refractivity contribution in [2.75, 3.05) is 26.1 Å². The molecule has 1 amide bonds. The van der Waals surface area contributed by atoms with Crippen molar-refractivity contribution in [3.05, 3.63) is 48.0 Å². The second-order valence-electron chi connectivity index (χ2n) is 5.80. The van der Waals surface area contributed by atoms with Gasteiger partial charge in [-0.15, -0.1) is 0 Å². The van der Waals surface area contributed by atoms with E-state index in [1.54, 1.807) is 24.3 Å². The molecule has 7 nitrogen and oxygen atoms in total. The monoisotopic (exact) mass is 392 g/mol. The third-order valence-electron chi connectivity index (χ3n) is 3.89. The molecule has 2 aromatic carbocycles. The summed E-state index contributed by atoms with van der Waals surface area (Å²) in [4.78, 5) is 12.6. The second kappa shape index (κ2) is 9.38. The lowest BCUT2D eigenvalue weighted by molar-refractivity contribution is 0.102. The minimum atomic E-state index is -3.65. The molecule has 0 bridgehead atoms. The van der Waals surface area contributed by atoms with Crippen molar-refractivity contribution in [1.82, 2.24) is 4.72 Å². The van der Waals surface area contributed by atoms with Crippen molar-refractivity contribution in [2.45, 2.75) is 24.7 Å². The van der Waals surface area contributed by atoms with Crippen LogP contribution in [0.25, 0.3) is 0 Å². The first-order valence-electron chi connectivity index (χ1n) is 8.54. The summed E-state index contributed by atoms with van der Waals surface area (Å²) in [5, 5.41) is 2.73. The number of rotatable bonds is 9. The minimum Gasteiger partial charge on any atom is -0.497 e. The van der Waals surface area contributed by atoms with E-state index in [9.17, 15) is 13.2 Å². The van der Waals surface area contributed by atoms with Gasteiger partial charge in [-0.05, 0) is 36.8 Å². The van der Waals surface area contributed by atoms with Crippen molar-refractivity contribution < 1.29 is 22.7 Å². The van der Waals surface area contributed by atoms with Gasteiger partial charge in [0, 0.05) is 18.2 Å². The Morgan fingerprint density at radius 2 is 1.85 bits per heavy atom. The number of sulfonamides is 1. The average molecular weight is 392 g/mol. The molecule has 2 aromatic rings. The first-order chi connectivity index (χ1) is 12.9. The van der Waals surface area contributed by atoms with Crippen LogP contribution in [0.1, 0.15) is 30.1 Å². The third-order valence-corrected chi connectivity index (χ3v) is 5.34. The molecule has 0 unspecified atom stereocenters. The lowest BCUT2D eigenvalue weighted by Gasteiger charge is -2.12. The minimum absolute atomic E-state index is 0.0490. The Balaban J connectivity index is 2.20. The molecular formula is C19H24N2O5S. The highest BCUT2D eigenvalue weighted by Crippen LogP contribution is 2.29. The van der Waals surface area contributed by atoms with Crippen LogP contribution >= 0.6 is 0 Å². The predicted octanol–water partition coefficient (Wildman–Crippen LogP) is 3.03. The third kappa shape index (κ3) is 5.45. The Bertz CT molecular complexity index is 897. The maximum absolute atomic E-state index is 12.6. The molecule has 2 N–H and O–H groups in total. The lowest BCUT2D eigenvalue weighted by Crippen LogP contribution is -2.25. The molecule has 0 aliphatic heterocycles. The van der Waals surface area contributed by atoms with Gasteiger partial charge in [0.25, 0.3) is 5.91 Å². The van der Waals surface area contributed by atoms with Gasteiger partial charge in [-0.1, -0.05) is 19.4 Å². The largest absolute Gasteiger partial charge is 0.497 e. The summed E-state index contributed by atoms with van der Waals surface area (Å²) >= 11 is 0. The summed E-state index contributed by atoms with van der Waals surface area (Å²) in [6.45, 7) is 2.34. The van der Waals surface area contributed by atoms with Gasteiger partial charge in [-0.2, -0.15) is 0 Å². The summed E-state index contributed by atoms with van der Waals surface area (Å²) < 4.78 is 37.6. The van der Waals surface area contributed by atoms with E-state index in [-0.39, 0.29) is 10.5 Å². The first-order valence-corrected chi connectivity index (χ1v) is 10.0. The molecule has 0 aromatic heterocycles. The maximum Gasteiger partial charge on any atom is 0.255 e. The van der Waals surface area contributed by atoms with Gasteiger partial charge in [0.2, 0.25) is 10.0 Å². The maximum atomic E-state index is 12.6. The molecule has 0 saturated carbocycles. The van der Waals surface area contributed by atoms with Crippen molar-refractivity contribution in [3.63, 3.8) is 0 Å². The highest BCUT2D eigenvalue weighted by atomic mass is 32.2. The smallest absolute Gasteiger partial charge is 0.255 e. The summed E-state index contributed by atoms with van der Waals surface area (Å²) in [5.41, 5.74) is 0.684. The standard InChI is InChI=1S/C19H24N2O5S/c1-4-5-11-20-27(23,24)16-8-6-7-14(12-16)19(22)21-17-10-9-15(25-2)13-18(17)26-3/h6-10,12-13,20H,4-5,11H2,1-3H3,(H,21,22). The van der Waals surface area contributed by atoms with Crippen molar-refractivity contribution in [1.29, 1.82) is 0 Å². The van der Waals surface area contributed by atoms with E-state index in [4.69, 9.17) is 9.47 Å². The van der Waals surface area contributed by atoms with Crippen LogP contribution in [-0.2, 0) is 10.0 Å². The number of amides is 1. The summed E-state index contributed by atoms with van der Waals surface area (Å²) in [5.74, 6) is 0.591. The average Bonchev–Trinajstić information content (AvgIpc) is 2.68. The van der Waals surface area contributed by atoms with Gasteiger partial charge in [0.05, 0.1) is 24.8 Å². The van der Waals surface area contributed by atoms with Crippen LogP contribution < -0.4 is 19.5 Å². The molecular weight excluding hydrogens is 368 g/mol. The predicted molar refractivity (Wildman–Crippen MR) is 104 cm³/mol. The molecule has 0 aliphatic rings. The van der Waals surface area contributed by atoms with Gasteiger partial charge < -0.3 is 14.8 Å². The van der Waals surface area contributed by atoms with E-state index < -0.39 is 15.9 Å². The topological polar surface area (TPSA) is 93.7 Å². The highest BCUT2D eigenvalue weighted by Gasteiger charge is 2.17. The Hall–Kier alpha value is -2.58. The SMILES string of the molecule is CCCCNS(=O)(=O)c1cccc(C(=O)Nc2ccc(OC)cc2OC)c1. The molecule has 27 heavy (non-hydrogen) atoms. The van der Waals surface area contributed by atoms with E-state index in [0.717, 1.165) is 12.8 Å². The summed E-state index contributed by atoms with van der Waals surface area (Å²) in [6.07, 6.45) is 1.63. The Labute approximate surface area is 159 Å². The zero-order valence-electron chi connectivity index (χ0n) is 15.6. The normalized spacial score (nSPS) is 11.1. The fourth-order valence-electron chi connectivity index (χ4n) is 2.37. The van der Waals surface area contributed by atoms with Gasteiger partial charge in [-0.3, -0.25) is 4.79 Å². The Kier molecular flexibility index (Phi) is 7.20. The first kappa shape index (κ1) is 20.7. The number of carbonyl (C=O) groups is 1. The summed E-state index contributed by atoms with van der Waals surface area (Å²) in [6, 6.07) is 10.9. The number of anilines is 1. The molecule has 0 spiro atoms. The van der Waals surface area contributed by atoms with Crippen LogP contribution in [0.4, 0.5) is 5.69 Å². The van der Waals surface area contributed by atoms with Crippen molar-refractivity contribution >= 4 is 21.6 Å². The van der Waals surface area contributed by atoms with Crippen LogP contribution in [0.2, 0.25) is 0 Å². The van der Waals surface area contributed by atoms with E-state index in [2.05, 4.69) is 10.0 Å². The number of unbranched alkanes of at least 4 members (excludes halogenated alkanes) is 1. The number of methoxy groups -OCH3 is 2.